The van der Waals surface area contributed by atoms with Gasteiger partial charge in [-0.1, -0.05) is 30.3 Å². The van der Waals surface area contributed by atoms with Gasteiger partial charge in [0.2, 0.25) is 0 Å². The van der Waals surface area contributed by atoms with Crippen LogP contribution in [0.2, 0.25) is 0 Å². The van der Waals surface area contributed by atoms with Crippen LogP contribution in [0.15, 0.2) is 48.5 Å². The van der Waals surface area contributed by atoms with Crippen LogP contribution in [0.3, 0.4) is 0 Å². The topological polar surface area (TPSA) is 54.7 Å². The van der Waals surface area contributed by atoms with Crippen molar-refractivity contribution in [2.75, 3.05) is 5.73 Å². The number of hydrogen-bond acceptors (Lipinski definition) is 2. The molecule has 5 heteroatoms. The van der Waals surface area contributed by atoms with Crippen LogP contribution in [0.1, 0.15) is 11.4 Å². The first-order chi connectivity index (χ1) is 8.31. The maximum atomic E-state index is 5.74. The third kappa shape index (κ3) is 3.40. The summed E-state index contributed by atoms with van der Waals surface area (Å²) in [6.07, 6.45) is 0.815. The van der Waals surface area contributed by atoms with Gasteiger partial charge in [-0.3, -0.25) is 0 Å². The molecule has 0 aliphatic heterocycles. The van der Waals surface area contributed by atoms with E-state index in [4.69, 9.17) is 5.73 Å². The fraction of sp³-hybridized carbons (Fsp3) is 0.0714. The molecular weight excluding hydrogens is 281 g/mol. The predicted octanol–water partition coefficient (Wildman–Crippen LogP) is 3.58. The molecule has 0 fully saturated rings. The summed E-state index contributed by atoms with van der Waals surface area (Å²) in [5.41, 5.74) is 9.70. The van der Waals surface area contributed by atoms with Crippen LogP contribution in [0.4, 0.5) is 5.69 Å². The van der Waals surface area contributed by atoms with Gasteiger partial charge in [0.25, 0.3) is 0 Å². The van der Waals surface area contributed by atoms with Gasteiger partial charge in [0, 0.05) is 12.1 Å². The summed E-state index contributed by atoms with van der Waals surface area (Å²) in [4.78, 5) is 7.83. The number of nitrogens with zero attached hydrogens (tertiary/aromatic N) is 1. The van der Waals surface area contributed by atoms with E-state index >= 15 is 0 Å². The number of nitrogen functional groups attached to an aromatic ring is 1. The number of anilines is 1. The zero-order valence-corrected chi connectivity index (χ0v) is 11.8. The van der Waals surface area contributed by atoms with Gasteiger partial charge >= 0.3 is 0 Å². The molecule has 0 bridgehead atoms. The van der Waals surface area contributed by atoms with Crippen LogP contribution in [0.5, 0.6) is 0 Å². The smallest absolute Gasteiger partial charge is 0.111 e. The number of fused-ring (bicyclic) bond motifs is 1. The van der Waals surface area contributed by atoms with Gasteiger partial charge in [-0.25, -0.2) is 4.98 Å². The van der Waals surface area contributed by atoms with Gasteiger partial charge < -0.3 is 10.7 Å². The lowest BCUT2D eigenvalue weighted by Crippen LogP contribution is -1.89. The first-order valence-electron chi connectivity index (χ1n) is 5.59. The molecule has 0 aliphatic carbocycles. The van der Waals surface area contributed by atoms with Gasteiger partial charge in [-0.15, -0.1) is 24.8 Å². The minimum atomic E-state index is 0. The molecule has 3 nitrogen and oxygen atoms in total. The average molecular weight is 296 g/mol. The first-order valence-corrected chi connectivity index (χ1v) is 5.59. The zero-order valence-electron chi connectivity index (χ0n) is 10.2. The monoisotopic (exact) mass is 295 g/mol. The Labute approximate surface area is 124 Å². The molecule has 0 aliphatic rings. The van der Waals surface area contributed by atoms with Crippen molar-refractivity contribution in [3.8, 4) is 0 Å². The average Bonchev–Trinajstić information content (AvgIpc) is 2.71. The van der Waals surface area contributed by atoms with Crippen molar-refractivity contribution in [3.05, 3.63) is 59.9 Å². The lowest BCUT2D eigenvalue weighted by Gasteiger charge is -1.96. The third-order valence-electron chi connectivity index (χ3n) is 2.77. The maximum Gasteiger partial charge on any atom is 0.111 e. The lowest BCUT2D eigenvalue weighted by molar-refractivity contribution is 1.04. The van der Waals surface area contributed by atoms with Crippen LogP contribution < -0.4 is 5.73 Å². The maximum absolute atomic E-state index is 5.74. The second-order valence-electron chi connectivity index (χ2n) is 4.12. The van der Waals surface area contributed by atoms with Crippen molar-refractivity contribution >= 4 is 41.5 Å². The number of aromatic nitrogens is 2. The lowest BCUT2D eigenvalue weighted by atomic mass is 10.1. The van der Waals surface area contributed by atoms with Crippen LogP contribution in [-0.2, 0) is 6.42 Å². The summed E-state index contributed by atoms with van der Waals surface area (Å²) >= 11 is 0. The van der Waals surface area contributed by atoms with Crippen molar-refractivity contribution in [2.45, 2.75) is 6.42 Å². The second kappa shape index (κ2) is 6.45. The van der Waals surface area contributed by atoms with E-state index in [0.717, 1.165) is 29.0 Å². The summed E-state index contributed by atoms with van der Waals surface area (Å²) in [6.45, 7) is 0. The first kappa shape index (κ1) is 15.3. The molecule has 0 saturated carbocycles. The number of aromatic amines is 1. The van der Waals surface area contributed by atoms with Crippen molar-refractivity contribution in [3.63, 3.8) is 0 Å². The quantitative estimate of drug-likeness (QED) is 0.710. The molecule has 0 saturated heterocycles. The number of nitrogens with one attached hydrogen (secondary N) is 1. The Balaban J connectivity index is 0.000000902. The fourth-order valence-electron chi connectivity index (χ4n) is 1.95. The molecule has 0 atom stereocenters. The normalized spacial score (nSPS) is 9.68. The highest BCUT2D eigenvalue weighted by atomic mass is 35.5. The number of nitrogens with two attached hydrogens (primary N) is 1. The summed E-state index contributed by atoms with van der Waals surface area (Å²) in [5.74, 6) is 0.969. The minimum Gasteiger partial charge on any atom is -0.399 e. The van der Waals surface area contributed by atoms with Crippen molar-refractivity contribution in [1.82, 2.24) is 9.97 Å². The molecule has 19 heavy (non-hydrogen) atoms. The molecule has 0 radical (unpaired) electrons. The van der Waals surface area contributed by atoms with Crippen molar-refractivity contribution in [1.29, 1.82) is 0 Å². The Morgan fingerprint density at radius 2 is 1.74 bits per heavy atom. The van der Waals surface area contributed by atoms with E-state index in [2.05, 4.69) is 22.1 Å². The third-order valence-corrected chi connectivity index (χ3v) is 2.77. The predicted molar refractivity (Wildman–Crippen MR) is 84.3 cm³/mol. The van der Waals surface area contributed by atoms with Crippen LogP contribution >= 0.6 is 24.8 Å². The van der Waals surface area contributed by atoms with E-state index in [1.807, 2.05) is 36.4 Å². The molecule has 1 heterocycles. The van der Waals surface area contributed by atoms with Crippen molar-refractivity contribution in [2.24, 2.45) is 0 Å². The number of rotatable bonds is 2. The molecule has 3 aromatic rings. The van der Waals surface area contributed by atoms with E-state index in [9.17, 15) is 0 Å². The van der Waals surface area contributed by atoms with Crippen LogP contribution in [-0.4, -0.2) is 9.97 Å². The molecular formula is C14H15Cl2N3. The van der Waals surface area contributed by atoms with Crippen molar-refractivity contribution < 1.29 is 0 Å². The van der Waals surface area contributed by atoms with Gasteiger partial charge in [0.15, 0.2) is 0 Å². The fourth-order valence-corrected chi connectivity index (χ4v) is 1.95. The van der Waals surface area contributed by atoms with E-state index < -0.39 is 0 Å². The summed E-state index contributed by atoms with van der Waals surface area (Å²) in [7, 11) is 0. The molecule has 0 spiro atoms. The van der Waals surface area contributed by atoms with Gasteiger partial charge in [-0.2, -0.15) is 0 Å². The number of benzene rings is 2. The zero-order chi connectivity index (χ0) is 11.7. The highest BCUT2D eigenvalue weighted by Crippen LogP contribution is 2.16. The minimum absolute atomic E-state index is 0. The molecule has 3 rings (SSSR count). The van der Waals surface area contributed by atoms with Crippen LogP contribution in [0, 0.1) is 0 Å². The second-order valence-corrected chi connectivity index (χ2v) is 4.12. The Kier molecular flexibility index (Phi) is 5.21. The summed E-state index contributed by atoms with van der Waals surface area (Å²) < 4.78 is 0. The number of hydrogen-bond donors (Lipinski definition) is 2. The van der Waals surface area contributed by atoms with Gasteiger partial charge in [-0.05, 0) is 23.8 Å². The van der Waals surface area contributed by atoms with E-state index in [-0.39, 0.29) is 24.8 Å². The van der Waals surface area contributed by atoms with Crippen LogP contribution in [0.25, 0.3) is 11.0 Å². The molecule has 3 N–H and O–H groups in total. The molecule has 0 amide bonds. The SMILES string of the molecule is Cl.Cl.Nc1ccc2nc(Cc3ccccc3)[nH]c2c1. The standard InChI is InChI=1S/C14H13N3.2ClH/c15-11-6-7-12-13(9-11)17-14(16-12)8-10-4-2-1-3-5-10;;/h1-7,9H,8,15H2,(H,16,17);2*1H. The number of H-pyrrole nitrogens is 1. The summed E-state index contributed by atoms with van der Waals surface area (Å²) in [5, 5.41) is 0. The Hall–Kier alpha value is -1.71. The molecule has 1 aromatic heterocycles. The van der Waals surface area contributed by atoms with Gasteiger partial charge in [0.05, 0.1) is 11.0 Å². The molecule has 2 aromatic carbocycles. The van der Waals surface area contributed by atoms with Gasteiger partial charge in [0.1, 0.15) is 5.82 Å². The number of imidazole rings is 1. The largest absolute Gasteiger partial charge is 0.399 e. The number of halogens is 2. The highest BCUT2D eigenvalue weighted by Gasteiger charge is 2.03. The highest BCUT2D eigenvalue weighted by molar-refractivity contribution is 5.85. The Morgan fingerprint density at radius 1 is 1.00 bits per heavy atom. The Bertz CT molecular complexity index is 650. The van der Waals surface area contributed by atoms with E-state index in [1.165, 1.54) is 5.56 Å². The Morgan fingerprint density at radius 3 is 2.47 bits per heavy atom. The summed E-state index contributed by atoms with van der Waals surface area (Å²) in [6, 6.07) is 16.0. The molecule has 100 valence electrons. The molecule has 0 unspecified atom stereocenters. The van der Waals surface area contributed by atoms with E-state index in [0.29, 0.717) is 0 Å². The van der Waals surface area contributed by atoms with E-state index in [1.54, 1.807) is 0 Å².